The zero-order chi connectivity index (χ0) is 9.12. The Morgan fingerprint density at radius 1 is 0.909 bits per heavy atom. The summed E-state index contributed by atoms with van der Waals surface area (Å²) in [4.78, 5) is 0. The summed E-state index contributed by atoms with van der Waals surface area (Å²) in [6, 6.07) is 0. The Morgan fingerprint density at radius 3 is 1.36 bits per heavy atom. The predicted molar refractivity (Wildman–Crippen MR) is 38.9 cm³/mol. The molecule has 0 radical (unpaired) electrons. The van der Waals surface area contributed by atoms with Gasteiger partial charge in [0.25, 0.3) is 0 Å². The first-order valence-corrected chi connectivity index (χ1v) is 12.4. The Labute approximate surface area is 75.3 Å². The summed E-state index contributed by atoms with van der Waals surface area (Å²) >= 11 is -2.27. The van der Waals surface area contributed by atoms with Crippen molar-refractivity contribution in [3.8, 4) is 0 Å². The number of hydrogen-bond donors (Lipinski definition) is 0. The first-order valence-electron chi connectivity index (χ1n) is 3.07. The van der Waals surface area contributed by atoms with E-state index in [-0.39, 0.29) is 11.5 Å². The Kier molecular flexibility index (Phi) is 4.44. The van der Waals surface area contributed by atoms with Crippen LogP contribution in [0.3, 0.4) is 0 Å². The van der Waals surface area contributed by atoms with Crippen LogP contribution < -0.4 is 0 Å². The van der Waals surface area contributed by atoms with Gasteiger partial charge in [-0.1, -0.05) is 0 Å². The normalized spacial score (nSPS) is 12.9. The van der Waals surface area contributed by atoms with Crippen LogP contribution >= 0.6 is 0 Å². The van der Waals surface area contributed by atoms with E-state index in [9.17, 15) is 16.8 Å². The Balaban J connectivity index is 4.54. The van der Waals surface area contributed by atoms with E-state index >= 15 is 0 Å². The fraction of sp³-hybridized carbons (Fsp3) is 1.00. The molecule has 0 rings (SSSR count). The van der Waals surface area contributed by atoms with Crippen molar-refractivity contribution in [3.05, 3.63) is 0 Å². The average Bonchev–Trinajstić information content (AvgIpc) is 1.86. The molecular formula is C4H10O4S2Zr. The van der Waals surface area contributed by atoms with E-state index in [4.69, 9.17) is 0 Å². The van der Waals surface area contributed by atoms with Gasteiger partial charge in [0.15, 0.2) is 0 Å². The van der Waals surface area contributed by atoms with Crippen molar-refractivity contribution < 1.29 is 37.1 Å². The molecule has 0 saturated carbocycles. The van der Waals surface area contributed by atoms with Gasteiger partial charge in [-0.25, -0.2) is 0 Å². The van der Waals surface area contributed by atoms with E-state index in [1.165, 1.54) is 13.8 Å². The van der Waals surface area contributed by atoms with E-state index in [1.807, 2.05) is 0 Å². The van der Waals surface area contributed by atoms with Gasteiger partial charge >= 0.3 is 75.7 Å². The molecule has 0 N–H and O–H groups in total. The SMILES string of the molecule is CC[S](=O)(=O)[Zr][S](=O)(=O)CC. The fourth-order valence-corrected chi connectivity index (χ4v) is 16.6. The molecule has 4 nitrogen and oxygen atoms in total. The molecule has 0 aliphatic carbocycles. The van der Waals surface area contributed by atoms with Crippen molar-refractivity contribution in [2.24, 2.45) is 0 Å². The monoisotopic (exact) mass is 276 g/mol. The minimum absolute atomic E-state index is 0.0433. The molecule has 0 unspecified atom stereocenters. The van der Waals surface area contributed by atoms with Crippen LogP contribution in [0.1, 0.15) is 13.8 Å². The molecule has 0 aliphatic heterocycles. The molecule has 0 aromatic rings. The molecule has 0 fully saturated rings. The van der Waals surface area contributed by atoms with Gasteiger partial charge in [-0.05, 0) is 0 Å². The molecule has 0 heterocycles. The third-order valence-electron chi connectivity index (χ3n) is 1.01. The second kappa shape index (κ2) is 4.14. The number of hydrogen-bond acceptors (Lipinski definition) is 4. The van der Waals surface area contributed by atoms with Crippen molar-refractivity contribution in [1.82, 2.24) is 0 Å². The van der Waals surface area contributed by atoms with Gasteiger partial charge in [-0.2, -0.15) is 0 Å². The molecule has 0 aromatic carbocycles. The molecule has 0 aromatic heterocycles. The van der Waals surface area contributed by atoms with Gasteiger partial charge in [-0.15, -0.1) is 0 Å². The van der Waals surface area contributed by atoms with E-state index in [0.717, 1.165) is 0 Å². The number of rotatable bonds is 4. The van der Waals surface area contributed by atoms with Crippen molar-refractivity contribution >= 4 is 13.2 Å². The topological polar surface area (TPSA) is 68.3 Å². The van der Waals surface area contributed by atoms with E-state index in [2.05, 4.69) is 0 Å². The fourth-order valence-electron chi connectivity index (χ4n) is 0.311. The van der Waals surface area contributed by atoms with Crippen molar-refractivity contribution in [3.63, 3.8) is 0 Å². The van der Waals surface area contributed by atoms with E-state index in [1.54, 1.807) is 0 Å². The first kappa shape index (κ1) is 11.8. The second-order valence-electron chi connectivity index (χ2n) is 1.89. The standard InChI is InChI=1S/2C2H5O2S.Zr/c2*1-2-5(3)4;/h2*2H2,1H3;. The van der Waals surface area contributed by atoms with Gasteiger partial charge < -0.3 is 0 Å². The summed E-state index contributed by atoms with van der Waals surface area (Å²) in [5, 5.41) is 0. The maximum atomic E-state index is 10.9. The third kappa shape index (κ3) is 5.09. The van der Waals surface area contributed by atoms with Crippen LogP contribution in [0.25, 0.3) is 0 Å². The third-order valence-corrected chi connectivity index (χ3v) is 20.1. The van der Waals surface area contributed by atoms with Crippen molar-refractivity contribution in [1.29, 1.82) is 0 Å². The molecule has 11 heavy (non-hydrogen) atoms. The van der Waals surface area contributed by atoms with Crippen LogP contribution in [0.5, 0.6) is 0 Å². The van der Waals surface area contributed by atoms with E-state index in [0.29, 0.717) is 0 Å². The Hall–Kier alpha value is 0.783. The van der Waals surface area contributed by atoms with Gasteiger partial charge in [0.05, 0.1) is 0 Å². The molecule has 0 amide bonds. The van der Waals surface area contributed by atoms with Gasteiger partial charge in [0.1, 0.15) is 0 Å². The van der Waals surface area contributed by atoms with Gasteiger partial charge in [-0.3, -0.25) is 0 Å². The zero-order valence-corrected chi connectivity index (χ0v) is 10.5. The second-order valence-corrected chi connectivity index (χ2v) is 19.0. The minimum atomic E-state index is -3.21. The molecule has 0 spiro atoms. The zero-order valence-electron chi connectivity index (χ0n) is 6.36. The Bertz CT molecular complexity index is 269. The van der Waals surface area contributed by atoms with E-state index < -0.39 is 33.5 Å². The van der Waals surface area contributed by atoms with Crippen LogP contribution in [-0.4, -0.2) is 28.3 Å². The summed E-state index contributed by atoms with van der Waals surface area (Å²) in [5.41, 5.74) is 0. The summed E-state index contributed by atoms with van der Waals surface area (Å²) < 4.78 is 43.5. The van der Waals surface area contributed by atoms with Crippen LogP contribution in [0.15, 0.2) is 0 Å². The molecule has 0 atom stereocenters. The van der Waals surface area contributed by atoms with Crippen LogP contribution in [0.4, 0.5) is 0 Å². The van der Waals surface area contributed by atoms with Gasteiger partial charge in [0, 0.05) is 0 Å². The van der Waals surface area contributed by atoms with Gasteiger partial charge in [0.2, 0.25) is 0 Å². The summed E-state index contributed by atoms with van der Waals surface area (Å²) in [5.74, 6) is -0.0865. The van der Waals surface area contributed by atoms with Crippen LogP contribution in [0, 0.1) is 0 Å². The summed E-state index contributed by atoms with van der Waals surface area (Å²) in [6.07, 6.45) is 0. The predicted octanol–water partition coefficient (Wildman–Crippen LogP) is -0.232. The van der Waals surface area contributed by atoms with Crippen LogP contribution in [-0.2, 0) is 33.5 Å². The molecule has 66 valence electrons. The van der Waals surface area contributed by atoms with Crippen molar-refractivity contribution in [2.45, 2.75) is 13.8 Å². The first-order chi connectivity index (χ1) is 4.83. The maximum absolute atomic E-state index is 10.9. The molecule has 0 saturated heterocycles. The molecule has 7 heteroatoms. The molecule has 0 aliphatic rings. The summed E-state index contributed by atoms with van der Waals surface area (Å²) in [6.45, 7) is -3.47. The van der Waals surface area contributed by atoms with Crippen molar-refractivity contribution in [2.75, 3.05) is 11.5 Å². The van der Waals surface area contributed by atoms with Crippen LogP contribution in [0.2, 0.25) is 0 Å². The quantitative estimate of drug-likeness (QED) is 0.712. The molecular weight excluding hydrogens is 267 g/mol. The average molecular weight is 277 g/mol. The Morgan fingerprint density at radius 2 is 1.18 bits per heavy atom. The molecule has 0 bridgehead atoms. The summed E-state index contributed by atoms with van der Waals surface area (Å²) in [7, 11) is 0.